The molecule has 2 nitrogen and oxygen atoms in total. The number of amides is 1. The topological polar surface area (TPSA) is 20.3 Å². The Hall–Kier alpha value is -1.57. The van der Waals surface area contributed by atoms with Crippen molar-refractivity contribution in [2.24, 2.45) is 0 Å². The summed E-state index contributed by atoms with van der Waals surface area (Å²) >= 11 is 0. The maximum Gasteiger partial charge on any atom is 0.254 e. The van der Waals surface area contributed by atoms with E-state index < -0.39 is 0 Å². The van der Waals surface area contributed by atoms with Crippen LogP contribution in [-0.2, 0) is 0 Å². The van der Waals surface area contributed by atoms with E-state index in [1.54, 1.807) is 4.90 Å². The summed E-state index contributed by atoms with van der Waals surface area (Å²) in [5, 5.41) is 0. The highest BCUT2D eigenvalue weighted by molar-refractivity contribution is 5.98. The van der Waals surface area contributed by atoms with Crippen LogP contribution in [0.2, 0.25) is 0 Å². The molecule has 1 aliphatic heterocycles. The van der Waals surface area contributed by atoms with Crippen molar-refractivity contribution < 1.29 is 4.79 Å². The van der Waals surface area contributed by atoms with Gasteiger partial charge in [-0.05, 0) is 29.5 Å². The van der Waals surface area contributed by atoms with Crippen LogP contribution < -0.4 is 0 Å². The Morgan fingerprint density at radius 2 is 2.18 bits per heavy atom. The molecular weight excluding hydrogens is 210 g/mol. The van der Waals surface area contributed by atoms with Crippen LogP contribution in [0.3, 0.4) is 0 Å². The largest absolute Gasteiger partial charge is 0.338 e. The van der Waals surface area contributed by atoms with Gasteiger partial charge in [0.2, 0.25) is 0 Å². The predicted molar refractivity (Wildman–Crippen MR) is 71.1 cm³/mol. The highest BCUT2D eigenvalue weighted by Gasteiger charge is 2.17. The van der Waals surface area contributed by atoms with Crippen molar-refractivity contribution in [3.8, 4) is 0 Å². The van der Waals surface area contributed by atoms with Crippen molar-refractivity contribution in [3.63, 3.8) is 0 Å². The number of likely N-dealkylation sites (N-methyl/N-ethyl adjacent to an activating group) is 1. The Morgan fingerprint density at radius 1 is 1.41 bits per heavy atom. The maximum atomic E-state index is 12.1. The molecule has 2 rings (SSSR count). The van der Waals surface area contributed by atoms with Gasteiger partial charge < -0.3 is 4.90 Å². The molecule has 1 heterocycles. The van der Waals surface area contributed by atoms with Gasteiger partial charge in [-0.15, -0.1) is 0 Å². The molecule has 1 amide bonds. The van der Waals surface area contributed by atoms with Gasteiger partial charge in [0.25, 0.3) is 5.91 Å². The standard InChI is InChI=1S/C15H19NO/c1-4-11(2)12-7-8-14-13(10-12)6-5-9-16(3)15(14)17/h5-8,10-11H,4,9H2,1-3H3. The van der Waals surface area contributed by atoms with Crippen LogP contribution in [0.15, 0.2) is 24.3 Å². The lowest BCUT2D eigenvalue weighted by Crippen LogP contribution is -2.26. The predicted octanol–water partition coefficient (Wildman–Crippen LogP) is 3.30. The SMILES string of the molecule is CCC(C)c1ccc2c(c1)C=CCN(C)C2=O. The van der Waals surface area contributed by atoms with Crippen LogP contribution in [0.5, 0.6) is 0 Å². The summed E-state index contributed by atoms with van der Waals surface area (Å²) in [5.41, 5.74) is 3.18. The second-order valence-corrected chi connectivity index (χ2v) is 4.74. The van der Waals surface area contributed by atoms with E-state index in [1.807, 2.05) is 19.2 Å². The van der Waals surface area contributed by atoms with E-state index in [-0.39, 0.29) is 5.91 Å². The van der Waals surface area contributed by atoms with Crippen LogP contribution in [0.1, 0.15) is 47.7 Å². The summed E-state index contributed by atoms with van der Waals surface area (Å²) in [6, 6.07) is 6.19. The van der Waals surface area contributed by atoms with Crippen LogP contribution in [-0.4, -0.2) is 24.4 Å². The van der Waals surface area contributed by atoms with E-state index in [1.165, 1.54) is 5.56 Å². The third-order valence-corrected chi connectivity index (χ3v) is 3.51. The van der Waals surface area contributed by atoms with E-state index in [0.717, 1.165) is 17.5 Å². The number of hydrogen-bond donors (Lipinski definition) is 0. The molecule has 0 bridgehead atoms. The molecule has 0 saturated heterocycles. The van der Waals surface area contributed by atoms with Gasteiger partial charge in [-0.3, -0.25) is 4.79 Å². The average molecular weight is 229 g/mol. The molecule has 0 radical (unpaired) electrons. The summed E-state index contributed by atoms with van der Waals surface area (Å²) in [5.74, 6) is 0.658. The first-order valence-corrected chi connectivity index (χ1v) is 6.19. The van der Waals surface area contributed by atoms with Gasteiger partial charge in [-0.2, -0.15) is 0 Å². The first-order chi connectivity index (χ1) is 8.13. The minimum atomic E-state index is 0.112. The quantitative estimate of drug-likeness (QED) is 0.762. The fraction of sp³-hybridized carbons (Fsp3) is 0.400. The third-order valence-electron chi connectivity index (χ3n) is 3.51. The molecule has 1 aromatic rings. The number of fused-ring (bicyclic) bond motifs is 1. The molecule has 0 fully saturated rings. The first-order valence-electron chi connectivity index (χ1n) is 6.19. The fourth-order valence-corrected chi connectivity index (χ4v) is 2.08. The highest BCUT2D eigenvalue weighted by Crippen LogP contribution is 2.24. The van der Waals surface area contributed by atoms with Crippen molar-refractivity contribution in [2.75, 3.05) is 13.6 Å². The first kappa shape index (κ1) is 11.9. The maximum absolute atomic E-state index is 12.1. The van der Waals surface area contributed by atoms with Gasteiger partial charge >= 0.3 is 0 Å². The van der Waals surface area contributed by atoms with Gasteiger partial charge in [-0.1, -0.05) is 38.1 Å². The summed E-state index contributed by atoms with van der Waals surface area (Å²) in [4.78, 5) is 13.8. The van der Waals surface area contributed by atoms with Crippen LogP contribution in [0.4, 0.5) is 0 Å². The molecule has 90 valence electrons. The zero-order valence-corrected chi connectivity index (χ0v) is 10.7. The Kier molecular flexibility index (Phi) is 3.32. The van der Waals surface area contributed by atoms with E-state index in [0.29, 0.717) is 12.5 Å². The molecule has 0 aliphatic carbocycles. The zero-order chi connectivity index (χ0) is 12.4. The summed E-state index contributed by atoms with van der Waals surface area (Å²) in [7, 11) is 1.84. The summed E-state index contributed by atoms with van der Waals surface area (Å²) < 4.78 is 0. The Labute approximate surface area is 103 Å². The number of hydrogen-bond acceptors (Lipinski definition) is 1. The molecule has 0 N–H and O–H groups in total. The molecule has 1 atom stereocenters. The van der Waals surface area contributed by atoms with Crippen molar-refractivity contribution in [1.29, 1.82) is 0 Å². The molecule has 0 aromatic heterocycles. The van der Waals surface area contributed by atoms with E-state index in [4.69, 9.17) is 0 Å². The average Bonchev–Trinajstić information content (AvgIpc) is 2.49. The number of benzene rings is 1. The van der Waals surface area contributed by atoms with Crippen molar-refractivity contribution in [3.05, 3.63) is 41.0 Å². The second-order valence-electron chi connectivity index (χ2n) is 4.74. The molecule has 1 unspecified atom stereocenters. The molecule has 1 aliphatic rings. The van der Waals surface area contributed by atoms with E-state index >= 15 is 0 Å². The highest BCUT2D eigenvalue weighted by atomic mass is 16.2. The Bertz CT molecular complexity index is 462. The number of nitrogens with zero attached hydrogens (tertiary/aromatic N) is 1. The summed E-state index contributed by atoms with van der Waals surface area (Å²) in [6.45, 7) is 5.09. The minimum Gasteiger partial charge on any atom is -0.338 e. The fourth-order valence-electron chi connectivity index (χ4n) is 2.08. The van der Waals surface area contributed by atoms with Crippen molar-refractivity contribution in [1.82, 2.24) is 4.90 Å². The zero-order valence-electron chi connectivity index (χ0n) is 10.7. The van der Waals surface area contributed by atoms with Crippen molar-refractivity contribution >= 4 is 12.0 Å². The van der Waals surface area contributed by atoms with Crippen LogP contribution >= 0.6 is 0 Å². The lowest BCUT2D eigenvalue weighted by atomic mass is 9.94. The molecule has 2 heteroatoms. The molecule has 0 saturated carbocycles. The van der Waals surface area contributed by atoms with Gasteiger partial charge in [0.1, 0.15) is 0 Å². The normalized spacial score (nSPS) is 16.6. The number of carbonyl (C=O) groups excluding carboxylic acids is 1. The Morgan fingerprint density at radius 3 is 2.88 bits per heavy atom. The minimum absolute atomic E-state index is 0.112. The molecular formula is C15H19NO. The lowest BCUT2D eigenvalue weighted by molar-refractivity contribution is 0.0811. The van der Waals surface area contributed by atoms with E-state index in [2.05, 4.69) is 32.1 Å². The molecule has 17 heavy (non-hydrogen) atoms. The Balaban J connectivity index is 2.45. The molecule has 1 aromatic carbocycles. The van der Waals surface area contributed by atoms with Gasteiger partial charge in [0, 0.05) is 19.2 Å². The van der Waals surface area contributed by atoms with Crippen molar-refractivity contribution in [2.45, 2.75) is 26.2 Å². The number of carbonyl (C=O) groups is 1. The number of rotatable bonds is 2. The van der Waals surface area contributed by atoms with Crippen LogP contribution in [0.25, 0.3) is 6.08 Å². The monoisotopic (exact) mass is 229 g/mol. The van der Waals surface area contributed by atoms with Gasteiger partial charge in [-0.25, -0.2) is 0 Å². The smallest absolute Gasteiger partial charge is 0.254 e. The van der Waals surface area contributed by atoms with Crippen LogP contribution in [0, 0.1) is 0 Å². The third kappa shape index (κ3) is 2.26. The van der Waals surface area contributed by atoms with E-state index in [9.17, 15) is 4.79 Å². The summed E-state index contributed by atoms with van der Waals surface area (Å²) in [6.07, 6.45) is 5.23. The lowest BCUT2D eigenvalue weighted by Gasteiger charge is -2.15. The molecule has 0 spiro atoms. The second kappa shape index (κ2) is 4.74. The van der Waals surface area contributed by atoms with Gasteiger partial charge in [0.15, 0.2) is 0 Å². The van der Waals surface area contributed by atoms with Gasteiger partial charge in [0.05, 0.1) is 0 Å².